The Bertz CT molecular complexity index is 268. The first-order valence-electron chi connectivity index (χ1n) is 3.60. The van der Waals surface area contributed by atoms with Crippen molar-refractivity contribution in [1.29, 1.82) is 0 Å². The maximum absolute atomic E-state index is 3.72. The molecule has 64 valence electrons. The number of halogens is 1. The quantitative estimate of drug-likeness (QED) is 0.450. The van der Waals surface area contributed by atoms with Crippen LogP contribution >= 0.6 is 0 Å². The van der Waals surface area contributed by atoms with E-state index in [9.17, 15) is 0 Å². The standard InChI is InChI=1S/C10H12N.BrH/c1-3-8-11-9-6-5-7-10(11)4-2;/h3-7,9H,1-2,8H2;1H/q+1;/p-1. The van der Waals surface area contributed by atoms with E-state index in [1.165, 1.54) is 0 Å². The van der Waals surface area contributed by atoms with Crippen LogP contribution in [-0.2, 0) is 6.54 Å². The van der Waals surface area contributed by atoms with Gasteiger partial charge in [-0.15, -0.1) is 0 Å². The predicted octanol–water partition coefficient (Wildman–Crippen LogP) is -1.19. The van der Waals surface area contributed by atoms with Crippen molar-refractivity contribution in [3.05, 3.63) is 49.3 Å². The summed E-state index contributed by atoms with van der Waals surface area (Å²) in [5, 5.41) is 0. The van der Waals surface area contributed by atoms with Gasteiger partial charge in [-0.1, -0.05) is 13.2 Å². The summed E-state index contributed by atoms with van der Waals surface area (Å²) < 4.78 is 2.08. The van der Waals surface area contributed by atoms with E-state index in [2.05, 4.69) is 17.7 Å². The maximum Gasteiger partial charge on any atom is 0.204 e. The fourth-order valence-corrected chi connectivity index (χ4v) is 0.980. The molecule has 0 aliphatic rings. The minimum absolute atomic E-state index is 0. The number of hydrogen-bond donors (Lipinski definition) is 0. The molecule has 1 rings (SSSR count). The van der Waals surface area contributed by atoms with Gasteiger partial charge in [0.1, 0.15) is 0 Å². The molecule has 12 heavy (non-hydrogen) atoms. The van der Waals surface area contributed by atoms with Gasteiger partial charge < -0.3 is 17.0 Å². The molecule has 0 bridgehead atoms. The van der Waals surface area contributed by atoms with Gasteiger partial charge in [-0.25, -0.2) is 0 Å². The number of rotatable bonds is 3. The molecule has 0 N–H and O–H groups in total. The summed E-state index contributed by atoms with van der Waals surface area (Å²) >= 11 is 0. The molecular formula is C10H12BrN. The second-order valence-corrected chi connectivity index (χ2v) is 2.27. The van der Waals surface area contributed by atoms with Crippen molar-refractivity contribution in [3.63, 3.8) is 0 Å². The van der Waals surface area contributed by atoms with E-state index in [4.69, 9.17) is 0 Å². The number of pyridine rings is 1. The zero-order chi connectivity index (χ0) is 8.10. The van der Waals surface area contributed by atoms with Crippen molar-refractivity contribution >= 4 is 6.08 Å². The third-order valence-electron chi connectivity index (χ3n) is 1.51. The van der Waals surface area contributed by atoms with E-state index >= 15 is 0 Å². The van der Waals surface area contributed by atoms with Crippen molar-refractivity contribution in [2.24, 2.45) is 0 Å². The lowest BCUT2D eigenvalue weighted by atomic mass is 10.3. The van der Waals surface area contributed by atoms with Crippen molar-refractivity contribution in [2.75, 3.05) is 0 Å². The molecule has 0 spiro atoms. The molecule has 0 aromatic carbocycles. The average Bonchev–Trinajstić information content (AvgIpc) is 2.06. The summed E-state index contributed by atoms with van der Waals surface area (Å²) in [5.74, 6) is 0. The second kappa shape index (κ2) is 5.72. The van der Waals surface area contributed by atoms with Crippen molar-refractivity contribution < 1.29 is 21.5 Å². The first-order valence-corrected chi connectivity index (χ1v) is 3.60. The van der Waals surface area contributed by atoms with Crippen LogP contribution in [0.5, 0.6) is 0 Å². The zero-order valence-corrected chi connectivity index (χ0v) is 8.50. The van der Waals surface area contributed by atoms with Crippen LogP contribution in [0.1, 0.15) is 5.69 Å². The minimum atomic E-state index is 0. The summed E-state index contributed by atoms with van der Waals surface area (Å²) in [6, 6.07) is 6.02. The molecule has 1 nitrogen and oxygen atoms in total. The Labute approximate surface area is 83.8 Å². The van der Waals surface area contributed by atoms with E-state index < -0.39 is 0 Å². The number of nitrogens with zero attached hydrogens (tertiary/aromatic N) is 1. The third kappa shape index (κ3) is 2.62. The van der Waals surface area contributed by atoms with Gasteiger partial charge in [0.2, 0.25) is 5.69 Å². The van der Waals surface area contributed by atoms with Gasteiger partial charge in [-0.3, -0.25) is 0 Å². The minimum Gasteiger partial charge on any atom is -1.00 e. The summed E-state index contributed by atoms with van der Waals surface area (Å²) in [7, 11) is 0. The fraction of sp³-hybridized carbons (Fsp3) is 0.100. The Morgan fingerprint density at radius 1 is 1.33 bits per heavy atom. The molecule has 0 saturated carbocycles. The molecule has 0 fully saturated rings. The Hall–Kier alpha value is -0.890. The fourth-order valence-electron chi connectivity index (χ4n) is 0.980. The van der Waals surface area contributed by atoms with Crippen LogP contribution in [0, 0.1) is 0 Å². The van der Waals surface area contributed by atoms with Crippen LogP contribution in [0.2, 0.25) is 0 Å². The molecule has 2 heteroatoms. The second-order valence-electron chi connectivity index (χ2n) is 2.27. The van der Waals surface area contributed by atoms with E-state index in [-0.39, 0.29) is 17.0 Å². The van der Waals surface area contributed by atoms with Crippen LogP contribution in [0.3, 0.4) is 0 Å². The Morgan fingerprint density at radius 3 is 2.67 bits per heavy atom. The van der Waals surface area contributed by atoms with Crippen LogP contribution in [-0.4, -0.2) is 0 Å². The van der Waals surface area contributed by atoms with Crippen molar-refractivity contribution in [1.82, 2.24) is 0 Å². The predicted molar refractivity (Wildman–Crippen MR) is 46.9 cm³/mol. The van der Waals surface area contributed by atoms with Gasteiger partial charge in [-0.2, -0.15) is 4.57 Å². The highest BCUT2D eigenvalue weighted by molar-refractivity contribution is 5.36. The molecular weight excluding hydrogens is 214 g/mol. The number of aromatic nitrogens is 1. The van der Waals surface area contributed by atoms with Gasteiger partial charge in [0.05, 0.1) is 0 Å². The van der Waals surface area contributed by atoms with Gasteiger partial charge >= 0.3 is 0 Å². The monoisotopic (exact) mass is 225 g/mol. The summed E-state index contributed by atoms with van der Waals surface area (Å²) in [5.41, 5.74) is 1.12. The van der Waals surface area contributed by atoms with Crippen molar-refractivity contribution in [2.45, 2.75) is 6.54 Å². The van der Waals surface area contributed by atoms with Gasteiger partial charge in [-0.05, 0) is 12.1 Å². The van der Waals surface area contributed by atoms with Crippen molar-refractivity contribution in [3.8, 4) is 0 Å². The van der Waals surface area contributed by atoms with Gasteiger partial charge in [0.25, 0.3) is 0 Å². The number of hydrogen-bond acceptors (Lipinski definition) is 0. The summed E-state index contributed by atoms with van der Waals surface area (Å²) in [4.78, 5) is 0. The molecule has 1 aromatic rings. The van der Waals surface area contributed by atoms with E-state index in [1.54, 1.807) is 0 Å². The molecule has 0 aliphatic heterocycles. The van der Waals surface area contributed by atoms with Gasteiger partial charge in [0.15, 0.2) is 12.7 Å². The first kappa shape index (κ1) is 11.1. The molecule has 0 amide bonds. The molecule has 1 aromatic heterocycles. The molecule has 1 heterocycles. The average molecular weight is 226 g/mol. The zero-order valence-electron chi connectivity index (χ0n) is 6.91. The Balaban J connectivity index is 0.00000121. The van der Waals surface area contributed by atoms with E-state index in [0.29, 0.717) is 0 Å². The summed E-state index contributed by atoms with van der Waals surface area (Å²) in [6.07, 6.45) is 5.72. The lowest BCUT2D eigenvalue weighted by Crippen LogP contribution is -3.00. The van der Waals surface area contributed by atoms with Crippen LogP contribution in [0.25, 0.3) is 6.08 Å². The van der Waals surface area contributed by atoms with Crippen LogP contribution in [0.4, 0.5) is 0 Å². The molecule has 0 saturated heterocycles. The Morgan fingerprint density at radius 2 is 2.08 bits per heavy atom. The highest BCUT2D eigenvalue weighted by Crippen LogP contribution is 1.91. The van der Waals surface area contributed by atoms with Crippen LogP contribution in [0.15, 0.2) is 43.6 Å². The number of allylic oxidation sites excluding steroid dienone is 1. The lowest BCUT2D eigenvalue weighted by Gasteiger charge is -1.94. The highest BCUT2D eigenvalue weighted by Gasteiger charge is 2.00. The summed E-state index contributed by atoms with van der Waals surface area (Å²) in [6.45, 7) is 8.23. The molecule has 0 aliphatic carbocycles. The maximum atomic E-state index is 3.72. The molecule has 0 radical (unpaired) electrons. The largest absolute Gasteiger partial charge is 1.00 e. The van der Waals surface area contributed by atoms with Crippen LogP contribution < -0.4 is 21.5 Å². The topological polar surface area (TPSA) is 3.88 Å². The Kier molecular flexibility index (Phi) is 5.30. The first-order chi connectivity index (χ1) is 5.38. The van der Waals surface area contributed by atoms with E-state index in [0.717, 1.165) is 12.2 Å². The SMILES string of the molecule is C=CC[n+]1ccccc1C=C.[Br-]. The molecule has 0 atom stereocenters. The smallest absolute Gasteiger partial charge is 0.204 e. The highest BCUT2D eigenvalue weighted by atomic mass is 79.9. The van der Waals surface area contributed by atoms with Gasteiger partial charge in [0, 0.05) is 18.2 Å². The molecule has 0 unspecified atom stereocenters. The third-order valence-corrected chi connectivity index (χ3v) is 1.51. The van der Waals surface area contributed by atoms with E-state index in [1.807, 2.05) is 36.5 Å². The lowest BCUT2D eigenvalue weighted by molar-refractivity contribution is -0.688. The normalized spacial score (nSPS) is 8.33.